The van der Waals surface area contributed by atoms with Crippen LogP contribution in [0.15, 0.2) is 18.2 Å². The smallest absolute Gasteiger partial charge is 0.143 e. The largest absolute Gasteiger partial charge is 0.495 e. The summed E-state index contributed by atoms with van der Waals surface area (Å²) >= 11 is 0. The Kier molecular flexibility index (Phi) is 4.50. The summed E-state index contributed by atoms with van der Waals surface area (Å²) in [6, 6.07) is 6.34. The number of nitrogens with zero attached hydrogens (tertiary/aromatic N) is 2. The van der Waals surface area contributed by atoms with Crippen LogP contribution in [-0.4, -0.2) is 63.2 Å². The molecule has 1 aromatic carbocycles. The minimum Gasteiger partial charge on any atom is -0.495 e. The normalized spacial score (nSPS) is 21.3. The lowest BCUT2D eigenvalue weighted by molar-refractivity contribution is 0.122. The third-order valence-electron chi connectivity index (χ3n) is 3.76. The van der Waals surface area contributed by atoms with E-state index >= 15 is 0 Å². The van der Waals surface area contributed by atoms with E-state index in [0.717, 1.165) is 37.6 Å². The van der Waals surface area contributed by atoms with Crippen LogP contribution in [0, 0.1) is 0 Å². The molecule has 5 nitrogen and oxygen atoms in total. The number of hydrogen-bond acceptors (Lipinski definition) is 5. The van der Waals surface area contributed by atoms with Crippen LogP contribution in [0.2, 0.25) is 0 Å². The molecule has 0 bridgehead atoms. The lowest BCUT2D eigenvalue weighted by Gasteiger charge is -2.37. The summed E-state index contributed by atoms with van der Waals surface area (Å²) in [5, 5.41) is 3.46. The van der Waals surface area contributed by atoms with Gasteiger partial charge in [-0.05, 0) is 26.2 Å². The fraction of sp³-hybridized carbons (Fsp3) is 0.571. The Hall–Kier alpha value is -1.46. The molecule has 0 saturated carbocycles. The molecule has 0 spiro atoms. The summed E-state index contributed by atoms with van der Waals surface area (Å²) < 4.78 is 5.23. The first-order valence-corrected chi connectivity index (χ1v) is 6.66. The molecule has 1 aliphatic heterocycles. The van der Waals surface area contributed by atoms with Crippen LogP contribution in [0.25, 0.3) is 0 Å². The molecule has 0 aromatic heterocycles. The van der Waals surface area contributed by atoms with E-state index in [9.17, 15) is 0 Å². The molecule has 2 rings (SSSR count). The summed E-state index contributed by atoms with van der Waals surface area (Å²) in [6.07, 6.45) is 0. The van der Waals surface area contributed by atoms with Gasteiger partial charge in [-0.1, -0.05) is 0 Å². The summed E-state index contributed by atoms with van der Waals surface area (Å²) in [5.41, 5.74) is 7.53. The van der Waals surface area contributed by atoms with Gasteiger partial charge in [0.05, 0.1) is 12.8 Å². The van der Waals surface area contributed by atoms with Crippen LogP contribution in [0.3, 0.4) is 0 Å². The quantitative estimate of drug-likeness (QED) is 0.793. The van der Waals surface area contributed by atoms with Crippen molar-refractivity contribution in [1.82, 2.24) is 9.80 Å². The molecule has 0 aliphatic carbocycles. The van der Waals surface area contributed by atoms with Crippen molar-refractivity contribution in [2.24, 2.45) is 0 Å². The molecule has 1 aromatic rings. The Bertz CT molecular complexity index is 424. The summed E-state index contributed by atoms with van der Waals surface area (Å²) in [5.74, 6) is 0.721. The van der Waals surface area contributed by atoms with Gasteiger partial charge in [0.1, 0.15) is 5.75 Å². The maximum Gasteiger partial charge on any atom is 0.143 e. The van der Waals surface area contributed by atoms with Crippen molar-refractivity contribution >= 4 is 11.4 Å². The third kappa shape index (κ3) is 3.52. The molecule has 1 aliphatic rings. The van der Waals surface area contributed by atoms with Gasteiger partial charge >= 0.3 is 0 Å². The second-order valence-electron chi connectivity index (χ2n) is 5.23. The van der Waals surface area contributed by atoms with Crippen LogP contribution in [-0.2, 0) is 0 Å². The Labute approximate surface area is 115 Å². The minimum atomic E-state index is 0.530. The zero-order valence-electron chi connectivity index (χ0n) is 12.0. The first-order chi connectivity index (χ1) is 9.10. The Balaban J connectivity index is 1.94. The predicted octanol–water partition coefficient (Wildman–Crippen LogP) is 0.935. The van der Waals surface area contributed by atoms with E-state index in [1.807, 2.05) is 18.2 Å². The van der Waals surface area contributed by atoms with Crippen LogP contribution in [0.4, 0.5) is 11.4 Å². The Morgan fingerprint density at radius 3 is 2.89 bits per heavy atom. The lowest BCUT2D eigenvalue weighted by Crippen LogP contribution is -2.52. The van der Waals surface area contributed by atoms with E-state index in [1.165, 1.54) is 0 Å². The fourth-order valence-corrected chi connectivity index (χ4v) is 2.38. The van der Waals surface area contributed by atoms with Crippen molar-refractivity contribution in [3.8, 4) is 5.75 Å². The lowest BCUT2D eigenvalue weighted by atomic mass is 10.2. The van der Waals surface area contributed by atoms with E-state index in [2.05, 4.69) is 29.2 Å². The van der Waals surface area contributed by atoms with E-state index in [-0.39, 0.29) is 0 Å². The van der Waals surface area contributed by atoms with Gasteiger partial charge in [-0.3, -0.25) is 4.90 Å². The molecule has 1 saturated heterocycles. The van der Waals surface area contributed by atoms with Gasteiger partial charge in [0.15, 0.2) is 0 Å². The summed E-state index contributed by atoms with van der Waals surface area (Å²) in [6.45, 7) is 4.28. The molecule has 19 heavy (non-hydrogen) atoms. The van der Waals surface area contributed by atoms with E-state index < -0.39 is 0 Å². The van der Waals surface area contributed by atoms with Gasteiger partial charge in [-0.25, -0.2) is 0 Å². The number of nitrogen functional groups attached to an aromatic ring is 1. The van der Waals surface area contributed by atoms with E-state index in [4.69, 9.17) is 10.5 Å². The van der Waals surface area contributed by atoms with E-state index in [1.54, 1.807) is 7.11 Å². The van der Waals surface area contributed by atoms with Crippen LogP contribution in [0.1, 0.15) is 0 Å². The second kappa shape index (κ2) is 6.12. The number of ether oxygens (including phenoxy) is 1. The standard InChI is InChI=1S/C14H24N4O/c1-17-6-7-18(2)12(10-17)9-16-11-4-5-13(15)14(8-11)19-3/h4-5,8,12,16H,6-7,9-10,15H2,1-3H3. The van der Waals surface area contributed by atoms with Crippen molar-refractivity contribution in [1.29, 1.82) is 0 Å². The van der Waals surface area contributed by atoms with Crippen LogP contribution >= 0.6 is 0 Å². The van der Waals surface area contributed by atoms with Gasteiger partial charge in [-0.2, -0.15) is 0 Å². The molecule has 1 atom stereocenters. The molecular formula is C14H24N4O. The number of hydrogen-bond donors (Lipinski definition) is 2. The number of nitrogens with two attached hydrogens (primary N) is 1. The summed E-state index contributed by atoms with van der Waals surface area (Å²) in [4.78, 5) is 4.78. The molecule has 0 amide bonds. The molecular weight excluding hydrogens is 240 g/mol. The Morgan fingerprint density at radius 1 is 1.37 bits per heavy atom. The highest BCUT2D eigenvalue weighted by Gasteiger charge is 2.21. The zero-order valence-corrected chi connectivity index (χ0v) is 12.0. The topological polar surface area (TPSA) is 53.8 Å². The second-order valence-corrected chi connectivity index (χ2v) is 5.23. The predicted molar refractivity (Wildman–Crippen MR) is 79.8 cm³/mol. The van der Waals surface area contributed by atoms with Crippen molar-refractivity contribution < 1.29 is 4.74 Å². The molecule has 3 N–H and O–H groups in total. The SMILES string of the molecule is COc1cc(NCC2CN(C)CCN2C)ccc1N. The third-order valence-corrected chi connectivity index (χ3v) is 3.76. The minimum absolute atomic E-state index is 0.530. The molecule has 106 valence electrons. The molecule has 1 unspecified atom stereocenters. The maximum absolute atomic E-state index is 5.81. The number of methoxy groups -OCH3 is 1. The van der Waals surface area contributed by atoms with Crippen molar-refractivity contribution in [2.45, 2.75) is 6.04 Å². The monoisotopic (exact) mass is 264 g/mol. The Morgan fingerprint density at radius 2 is 2.16 bits per heavy atom. The highest BCUT2D eigenvalue weighted by atomic mass is 16.5. The van der Waals surface area contributed by atoms with Gasteiger partial charge in [0.2, 0.25) is 0 Å². The number of nitrogens with one attached hydrogen (secondary N) is 1. The number of rotatable bonds is 4. The van der Waals surface area contributed by atoms with Crippen LogP contribution < -0.4 is 15.8 Å². The number of benzene rings is 1. The van der Waals surface area contributed by atoms with E-state index in [0.29, 0.717) is 11.7 Å². The first kappa shape index (κ1) is 14.0. The number of likely N-dealkylation sites (N-methyl/N-ethyl adjacent to an activating group) is 2. The zero-order chi connectivity index (χ0) is 13.8. The summed E-state index contributed by atoms with van der Waals surface area (Å²) in [7, 11) is 5.99. The first-order valence-electron chi connectivity index (χ1n) is 6.66. The molecule has 0 radical (unpaired) electrons. The van der Waals surface area contributed by atoms with Gasteiger partial charge in [0.25, 0.3) is 0 Å². The van der Waals surface area contributed by atoms with Crippen LogP contribution in [0.5, 0.6) is 5.75 Å². The van der Waals surface area contributed by atoms with Crippen molar-refractivity contribution in [3.63, 3.8) is 0 Å². The van der Waals surface area contributed by atoms with Gasteiger partial charge < -0.3 is 20.7 Å². The number of piperazine rings is 1. The maximum atomic E-state index is 5.81. The van der Waals surface area contributed by atoms with Crippen molar-refractivity contribution in [2.75, 3.05) is 58.4 Å². The fourth-order valence-electron chi connectivity index (χ4n) is 2.38. The van der Waals surface area contributed by atoms with Gasteiger partial charge in [0, 0.05) is 44.0 Å². The average Bonchev–Trinajstić information content (AvgIpc) is 2.41. The highest BCUT2D eigenvalue weighted by Crippen LogP contribution is 2.25. The molecule has 5 heteroatoms. The van der Waals surface area contributed by atoms with Crippen molar-refractivity contribution in [3.05, 3.63) is 18.2 Å². The van der Waals surface area contributed by atoms with Gasteiger partial charge in [-0.15, -0.1) is 0 Å². The number of anilines is 2. The molecule has 1 heterocycles. The average molecular weight is 264 g/mol. The molecule has 1 fully saturated rings. The highest BCUT2D eigenvalue weighted by molar-refractivity contribution is 5.61.